The molecule has 0 spiro atoms. The van der Waals surface area contributed by atoms with Crippen molar-refractivity contribution in [1.29, 1.82) is 0 Å². The molecule has 1 aliphatic rings. The molecule has 0 saturated carbocycles. The minimum absolute atomic E-state index is 0.363. The molecule has 0 amide bonds. The third-order valence-electron chi connectivity index (χ3n) is 4.87. The van der Waals surface area contributed by atoms with Crippen LogP contribution in [0.25, 0.3) is 0 Å². The monoisotopic (exact) mass is 289 g/mol. The van der Waals surface area contributed by atoms with Crippen LogP contribution in [0.5, 0.6) is 0 Å². The molecule has 2 nitrogen and oxygen atoms in total. The Morgan fingerprint density at radius 1 is 1.10 bits per heavy atom. The van der Waals surface area contributed by atoms with Crippen molar-refractivity contribution < 1.29 is 5.11 Å². The summed E-state index contributed by atoms with van der Waals surface area (Å²) in [6.45, 7) is 8.59. The van der Waals surface area contributed by atoms with Crippen molar-refractivity contribution >= 4 is 0 Å². The zero-order valence-electron chi connectivity index (χ0n) is 13.9. The molecule has 1 heterocycles. The van der Waals surface area contributed by atoms with Crippen LogP contribution in [0.15, 0.2) is 24.3 Å². The molecule has 2 unspecified atom stereocenters. The molecule has 118 valence electrons. The summed E-state index contributed by atoms with van der Waals surface area (Å²) in [5.41, 5.74) is 2.39. The van der Waals surface area contributed by atoms with Gasteiger partial charge in [0.25, 0.3) is 0 Å². The van der Waals surface area contributed by atoms with Gasteiger partial charge in [-0.1, -0.05) is 57.9 Å². The Hall–Kier alpha value is -0.860. The highest BCUT2D eigenvalue weighted by molar-refractivity contribution is 5.26. The summed E-state index contributed by atoms with van der Waals surface area (Å²) < 4.78 is 0. The van der Waals surface area contributed by atoms with Crippen LogP contribution in [0.3, 0.4) is 0 Å². The molecule has 0 bridgehead atoms. The molecule has 21 heavy (non-hydrogen) atoms. The van der Waals surface area contributed by atoms with E-state index in [4.69, 9.17) is 0 Å². The maximum Gasteiger partial charge on any atom is 0.0917 e. The van der Waals surface area contributed by atoms with E-state index in [-0.39, 0.29) is 6.10 Å². The number of benzene rings is 1. The Morgan fingerprint density at radius 3 is 2.38 bits per heavy atom. The van der Waals surface area contributed by atoms with Crippen LogP contribution < -0.4 is 0 Å². The fourth-order valence-corrected chi connectivity index (χ4v) is 3.37. The first-order valence-corrected chi connectivity index (χ1v) is 8.63. The third kappa shape index (κ3) is 4.55. The Balaban J connectivity index is 2.00. The van der Waals surface area contributed by atoms with Gasteiger partial charge >= 0.3 is 0 Å². The first-order chi connectivity index (χ1) is 10.1. The summed E-state index contributed by atoms with van der Waals surface area (Å²) in [5, 5.41) is 10.6. The lowest BCUT2D eigenvalue weighted by Gasteiger charge is -2.31. The molecule has 2 heteroatoms. The summed E-state index contributed by atoms with van der Waals surface area (Å²) in [6, 6.07) is 9.15. The fraction of sp³-hybridized carbons (Fsp3) is 0.684. The lowest BCUT2D eigenvalue weighted by Crippen LogP contribution is -2.37. The van der Waals surface area contributed by atoms with E-state index in [1.807, 2.05) is 0 Å². The van der Waals surface area contributed by atoms with Crippen molar-refractivity contribution in [2.75, 3.05) is 13.1 Å². The van der Waals surface area contributed by atoms with Gasteiger partial charge < -0.3 is 5.11 Å². The second-order valence-electron chi connectivity index (χ2n) is 6.74. The van der Waals surface area contributed by atoms with Gasteiger partial charge in [0, 0.05) is 12.6 Å². The summed E-state index contributed by atoms with van der Waals surface area (Å²) in [5.74, 6) is 0.547. The van der Waals surface area contributed by atoms with E-state index in [0.29, 0.717) is 12.0 Å². The average molecular weight is 289 g/mol. The molecule has 0 aromatic heterocycles. The first kappa shape index (κ1) is 16.5. The number of aliphatic hydroxyl groups excluding tert-OH is 1. The summed E-state index contributed by atoms with van der Waals surface area (Å²) in [7, 11) is 0. The highest BCUT2D eigenvalue weighted by atomic mass is 16.3. The van der Waals surface area contributed by atoms with Crippen molar-refractivity contribution in [3.63, 3.8) is 0 Å². The number of hydrogen-bond donors (Lipinski definition) is 1. The molecule has 1 saturated heterocycles. The quantitative estimate of drug-likeness (QED) is 0.863. The molecule has 1 fully saturated rings. The minimum Gasteiger partial charge on any atom is -0.387 e. The summed E-state index contributed by atoms with van der Waals surface area (Å²) in [6.07, 6.45) is 6.07. The average Bonchev–Trinajstić information content (AvgIpc) is 2.72. The van der Waals surface area contributed by atoms with Crippen LogP contribution in [0, 0.1) is 0 Å². The molecule has 1 aromatic carbocycles. The highest BCUT2D eigenvalue weighted by Crippen LogP contribution is 2.24. The second kappa shape index (κ2) is 7.95. The molecule has 2 rings (SSSR count). The molecule has 0 radical (unpaired) electrons. The molecular formula is C19H31NO. The Labute approximate surface area is 130 Å². The van der Waals surface area contributed by atoms with Crippen molar-refractivity contribution in [3.05, 3.63) is 35.4 Å². The van der Waals surface area contributed by atoms with Gasteiger partial charge in [0.05, 0.1) is 6.10 Å². The standard InChI is InChI=1S/C19H31NO/c1-4-18-8-6-5-7-13-20(18)14-19(21)17-11-9-16(10-12-17)15(2)3/h9-12,15,18-19,21H,4-8,13-14H2,1-3H3. The molecule has 1 aromatic rings. The van der Waals surface area contributed by atoms with Crippen molar-refractivity contribution in [1.82, 2.24) is 4.90 Å². The van der Waals surface area contributed by atoms with E-state index in [1.54, 1.807) is 0 Å². The van der Waals surface area contributed by atoms with Crippen LogP contribution in [0.1, 0.15) is 76.0 Å². The van der Waals surface area contributed by atoms with Crippen LogP contribution in [0.4, 0.5) is 0 Å². The predicted molar refractivity (Wildman–Crippen MR) is 89.6 cm³/mol. The Kier molecular flexibility index (Phi) is 6.25. The van der Waals surface area contributed by atoms with E-state index >= 15 is 0 Å². The number of β-amino-alcohol motifs (C(OH)–C–C–N with tert-alkyl or cyclic N) is 1. The highest BCUT2D eigenvalue weighted by Gasteiger charge is 2.22. The van der Waals surface area contributed by atoms with Crippen LogP contribution in [-0.4, -0.2) is 29.1 Å². The van der Waals surface area contributed by atoms with Gasteiger partial charge in [-0.2, -0.15) is 0 Å². The SMILES string of the molecule is CCC1CCCCCN1CC(O)c1ccc(C(C)C)cc1. The van der Waals surface area contributed by atoms with E-state index in [0.717, 1.165) is 18.7 Å². The van der Waals surface area contributed by atoms with E-state index in [1.165, 1.54) is 37.7 Å². The Morgan fingerprint density at radius 2 is 1.76 bits per heavy atom. The maximum absolute atomic E-state index is 10.6. The number of likely N-dealkylation sites (tertiary alicyclic amines) is 1. The number of aliphatic hydroxyl groups is 1. The van der Waals surface area contributed by atoms with Crippen molar-refractivity contribution in [3.8, 4) is 0 Å². The second-order valence-corrected chi connectivity index (χ2v) is 6.74. The Bertz CT molecular complexity index is 412. The smallest absolute Gasteiger partial charge is 0.0917 e. The van der Waals surface area contributed by atoms with E-state index in [2.05, 4.69) is 49.9 Å². The van der Waals surface area contributed by atoms with Crippen LogP contribution >= 0.6 is 0 Å². The van der Waals surface area contributed by atoms with Crippen LogP contribution in [-0.2, 0) is 0 Å². The number of rotatable bonds is 5. The van der Waals surface area contributed by atoms with Crippen molar-refractivity contribution in [2.24, 2.45) is 0 Å². The summed E-state index contributed by atoms with van der Waals surface area (Å²) in [4.78, 5) is 2.51. The zero-order valence-corrected chi connectivity index (χ0v) is 13.9. The topological polar surface area (TPSA) is 23.5 Å². The molecular weight excluding hydrogens is 258 g/mol. The van der Waals surface area contributed by atoms with Gasteiger partial charge in [-0.05, 0) is 42.9 Å². The zero-order chi connectivity index (χ0) is 15.2. The van der Waals surface area contributed by atoms with Gasteiger partial charge in [-0.15, -0.1) is 0 Å². The van der Waals surface area contributed by atoms with E-state index in [9.17, 15) is 5.11 Å². The molecule has 1 N–H and O–H groups in total. The number of nitrogens with zero attached hydrogens (tertiary/aromatic N) is 1. The lowest BCUT2D eigenvalue weighted by atomic mass is 9.99. The third-order valence-corrected chi connectivity index (χ3v) is 4.87. The molecule has 0 aliphatic carbocycles. The number of hydrogen-bond acceptors (Lipinski definition) is 2. The van der Waals surface area contributed by atoms with Crippen LogP contribution in [0.2, 0.25) is 0 Å². The fourth-order valence-electron chi connectivity index (χ4n) is 3.37. The van der Waals surface area contributed by atoms with Gasteiger partial charge in [0.15, 0.2) is 0 Å². The van der Waals surface area contributed by atoms with Gasteiger partial charge in [0.1, 0.15) is 0 Å². The normalized spacial score (nSPS) is 22.2. The minimum atomic E-state index is -0.363. The van der Waals surface area contributed by atoms with Crippen molar-refractivity contribution in [2.45, 2.75) is 70.9 Å². The van der Waals surface area contributed by atoms with Gasteiger partial charge in [-0.3, -0.25) is 4.90 Å². The summed E-state index contributed by atoms with van der Waals surface area (Å²) >= 11 is 0. The molecule has 2 atom stereocenters. The lowest BCUT2D eigenvalue weighted by molar-refractivity contribution is 0.0865. The predicted octanol–water partition coefficient (Wildman–Crippen LogP) is 4.50. The largest absolute Gasteiger partial charge is 0.387 e. The maximum atomic E-state index is 10.6. The van der Waals surface area contributed by atoms with Gasteiger partial charge in [0.2, 0.25) is 0 Å². The first-order valence-electron chi connectivity index (χ1n) is 8.63. The van der Waals surface area contributed by atoms with E-state index < -0.39 is 0 Å². The van der Waals surface area contributed by atoms with Gasteiger partial charge in [-0.25, -0.2) is 0 Å². The molecule has 1 aliphatic heterocycles.